The Bertz CT molecular complexity index is 921. The van der Waals surface area contributed by atoms with E-state index in [0.717, 1.165) is 5.56 Å². The van der Waals surface area contributed by atoms with Crippen LogP contribution in [0.5, 0.6) is 0 Å². The number of thiazole rings is 1. The van der Waals surface area contributed by atoms with E-state index < -0.39 is 0 Å². The van der Waals surface area contributed by atoms with Crippen LogP contribution in [0.4, 0.5) is 5.13 Å². The van der Waals surface area contributed by atoms with Crippen molar-refractivity contribution in [2.75, 3.05) is 11.9 Å². The van der Waals surface area contributed by atoms with E-state index in [4.69, 9.17) is 27.6 Å². The minimum absolute atomic E-state index is 0.128. The second-order valence-corrected chi connectivity index (χ2v) is 7.36. The van der Waals surface area contributed by atoms with E-state index >= 15 is 0 Å². The maximum atomic E-state index is 12.1. The van der Waals surface area contributed by atoms with Gasteiger partial charge in [0.1, 0.15) is 0 Å². The lowest BCUT2D eigenvalue weighted by molar-refractivity contribution is -0.120. The van der Waals surface area contributed by atoms with Gasteiger partial charge in [-0.1, -0.05) is 23.2 Å². The summed E-state index contributed by atoms with van der Waals surface area (Å²) < 4.78 is 5.02. The molecule has 0 spiro atoms. The SMILES string of the molecule is O=C(Cc1csc(NC(=O)c2ccco2)n1)NCCc1cc(Cl)cc(Cl)c1. The highest BCUT2D eigenvalue weighted by Gasteiger charge is 2.12. The summed E-state index contributed by atoms with van der Waals surface area (Å²) in [4.78, 5) is 28.2. The van der Waals surface area contributed by atoms with E-state index in [2.05, 4.69) is 15.6 Å². The van der Waals surface area contributed by atoms with Crippen LogP contribution in [0.25, 0.3) is 0 Å². The third kappa shape index (κ3) is 5.82. The molecule has 2 aromatic heterocycles. The number of rotatable bonds is 7. The Morgan fingerprint density at radius 2 is 1.96 bits per heavy atom. The Labute approximate surface area is 169 Å². The molecule has 0 saturated heterocycles. The lowest BCUT2D eigenvalue weighted by Gasteiger charge is -2.05. The second kappa shape index (κ2) is 9.03. The number of nitrogens with zero attached hydrogens (tertiary/aromatic N) is 1. The van der Waals surface area contributed by atoms with Crippen molar-refractivity contribution in [2.24, 2.45) is 0 Å². The summed E-state index contributed by atoms with van der Waals surface area (Å²) in [5, 5.41) is 8.73. The Morgan fingerprint density at radius 1 is 1.19 bits per heavy atom. The van der Waals surface area contributed by atoms with E-state index in [1.807, 2.05) is 12.1 Å². The zero-order valence-corrected chi connectivity index (χ0v) is 16.3. The van der Waals surface area contributed by atoms with E-state index in [-0.39, 0.29) is 24.0 Å². The molecule has 0 aliphatic heterocycles. The van der Waals surface area contributed by atoms with E-state index in [0.29, 0.717) is 33.8 Å². The molecular formula is C18H15Cl2N3O3S. The van der Waals surface area contributed by atoms with Crippen LogP contribution in [-0.4, -0.2) is 23.3 Å². The van der Waals surface area contributed by atoms with Crippen LogP contribution in [0.2, 0.25) is 10.0 Å². The number of hydrogen-bond acceptors (Lipinski definition) is 5. The fourth-order valence-corrected chi connectivity index (χ4v) is 3.62. The molecule has 3 rings (SSSR count). The van der Waals surface area contributed by atoms with Gasteiger partial charge in [-0.15, -0.1) is 11.3 Å². The molecular weight excluding hydrogens is 409 g/mol. The van der Waals surface area contributed by atoms with Crippen LogP contribution in [0.3, 0.4) is 0 Å². The number of aromatic nitrogens is 1. The molecule has 6 nitrogen and oxygen atoms in total. The Hall–Kier alpha value is -2.35. The number of carbonyl (C=O) groups excluding carboxylic acids is 2. The first kappa shape index (κ1) is 19.4. The van der Waals surface area contributed by atoms with Crippen molar-refractivity contribution in [3.05, 3.63) is 69.0 Å². The Balaban J connectivity index is 1.45. The molecule has 0 bridgehead atoms. The van der Waals surface area contributed by atoms with Gasteiger partial charge in [0.05, 0.1) is 18.4 Å². The summed E-state index contributed by atoms with van der Waals surface area (Å²) in [5.74, 6) is -0.339. The van der Waals surface area contributed by atoms with Gasteiger partial charge in [0, 0.05) is 22.0 Å². The normalized spacial score (nSPS) is 10.6. The highest BCUT2D eigenvalue weighted by molar-refractivity contribution is 7.14. The van der Waals surface area contributed by atoms with Gasteiger partial charge in [0.2, 0.25) is 5.91 Å². The highest BCUT2D eigenvalue weighted by Crippen LogP contribution is 2.19. The molecule has 0 atom stereocenters. The fourth-order valence-electron chi connectivity index (χ4n) is 2.34. The van der Waals surface area contributed by atoms with Gasteiger partial charge in [0.15, 0.2) is 10.9 Å². The van der Waals surface area contributed by atoms with Crippen LogP contribution >= 0.6 is 34.5 Å². The maximum Gasteiger partial charge on any atom is 0.293 e. The first-order valence-corrected chi connectivity index (χ1v) is 9.64. The van der Waals surface area contributed by atoms with Gasteiger partial charge in [-0.2, -0.15) is 0 Å². The number of furan rings is 1. The molecule has 3 aromatic rings. The minimum atomic E-state index is -0.384. The van der Waals surface area contributed by atoms with E-state index in [9.17, 15) is 9.59 Å². The van der Waals surface area contributed by atoms with E-state index in [1.54, 1.807) is 23.6 Å². The highest BCUT2D eigenvalue weighted by atomic mass is 35.5. The second-order valence-electron chi connectivity index (χ2n) is 5.63. The maximum absolute atomic E-state index is 12.1. The molecule has 2 heterocycles. The number of amides is 2. The molecule has 0 unspecified atom stereocenters. The predicted molar refractivity (Wildman–Crippen MR) is 106 cm³/mol. The topological polar surface area (TPSA) is 84.2 Å². The molecule has 27 heavy (non-hydrogen) atoms. The van der Waals surface area contributed by atoms with Gasteiger partial charge in [-0.25, -0.2) is 4.98 Å². The molecule has 0 saturated carbocycles. The van der Waals surface area contributed by atoms with Crippen molar-refractivity contribution >= 4 is 51.5 Å². The smallest absolute Gasteiger partial charge is 0.293 e. The predicted octanol–water partition coefficient (Wildman–Crippen LogP) is 4.20. The van der Waals surface area contributed by atoms with Gasteiger partial charge >= 0.3 is 0 Å². The summed E-state index contributed by atoms with van der Waals surface area (Å²) in [7, 11) is 0. The van der Waals surface area contributed by atoms with Crippen molar-refractivity contribution in [3.63, 3.8) is 0 Å². The van der Waals surface area contributed by atoms with Gasteiger partial charge in [-0.3, -0.25) is 14.9 Å². The summed E-state index contributed by atoms with van der Waals surface area (Å²) in [6, 6.07) is 8.48. The van der Waals surface area contributed by atoms with Crippen molar-refractivity contribution < 1.29 is 14.0 Å². The lowest BCUT2D eigenvalue weighted by atomic mass is 10.1. The van der Waals surface area contributed by atoms with Crippen LogP contribution in [0.1, 0.15) is 21.8 Å². The fraction of sp³-hybridized carbons (Fsp3) is 0.167. The van der Waals surface area contributed by atoms with Crippen molar-refractivity contribution in [1.82, 2.24) is 10.3 Å². The molecule has 140 valence electrons. The standard InChI is InChI=1S/C18H15Cl2N3O3S/c19-12-6-11(7-13(20)8-12)3-4-21-16(24)9-14-10-27-18(22-14)23-17(25)15-2-1-5-26-15/h1-2,5-8,10H,3-4,9H2,(H,21,24)(H,22,23,25). The summed E-state index contributed by atoms with van der Waals surface area (Å²) in [6.45, 7) is 0.460. The molecule has 0 aliphatic carbocycles. The van der Waals surface area contributed by atoms with Crippen molar-refractivity contribution in [2.45, 2.75) is 12.8 Å². The number of benzene rings is 1. The lowest BCUT2D eigenvalue weighted by Crippen LogP contribution is -2.27. The Kier molecular flexibility index (Phi) is 6.49. The molecule has 1 aromatic carbocycles. The number of halogens is 2. The van der Waals surface area contributed by atoms with Gasteiger partial charge in [0.25, 0.3) is 5.91 Å². The van der Waals surface area contributed by atoms with Crippen LogP contribution in [0.15, 0.2) is 46.4 Å². The van der Waals surface area contributed by atoms with Crippen LogP contribution in [0, 0.1) is 0 Å². The zero-order valence-electron chi connectivity index (χ0n) is 14.0. The van der Waals surface area contributed by atoms with Crippen molar-refractivity contribution in [3.8, 4) is 0 Å². The molecule has 0 radical (unpaired) electrons. The molecule has 2 N–H and O–H groups in total. The zero-order chi connectivity index (χ0) is 19.2. The van der Waals surface area contributed by atoms with Crippen molar-refractivity contribution in [1.29, 1.82) is 0 Å². The summed E-state index contributed by atoms with van der Waals surface area (Å²) >= 11 is 13.2. The third-order valence-electron chi connectivity index (χ3n) is 3.52. The quantitative estimate of drug-likeness (QED) is 0.596. The number of hydrogen-bond donors (Lipinski definition) is 2. The first-order valence-electron chi connectivity index (χ1n) is 8.00. The van der Waals surface area contributed by atoms with E-state index in [1.165, 1.54) is 17.6 Å². The van der Waals surface area contributed by atoms with Crippen LogP contribution in [-0.2, 0) is 17.6 Å². The monoisotopic (exact) mass is 423 g/mol. The Morgan fingerprint density at radius 3 is 2.67 bits per heavy atom. The third-order valence-corrected chi connectivity index (χ3v) is 4.76. The summed E-state index contributed by atoms with van der Waals surface area (Å²) in [6.07, 6.45) is 2.17. The average molecular weight is 424 g/mol. The minimum Gasteiger partial charge on any atom is -0.459 e. The number of anilines is 1. The largest absolute Gasteiger partial charge is 0.459 e. The molecule has 2 amide bonds. The molecule has 0 aliphatic rings. The van der Waals surface area contributed by atoms with Gasteiger partial charge in [-0.05, 0) is 42.3 Å². The first-order chi connectivity index (χ1) is 13.0. The van der Waals surface area contributed by atoms with Crippen LogP contribution < -0.4 is 10.6 Å². The number of nitrogens with one attached hydrogen (secondary N) is 2. The average Bonchev–Trinajstić information content (AvgIpc) is 3.26. The summed E-state index contributed by atoms with van der Waals surface area (Å²) in [5.41, 5.74) is 1.53. The number of carbonyl (C=O) groups is 2. The molecule has 0 fully saturated rings. The molecule has 9 heteroatoms. The van der Waals surface area contributed by atoms with Gasteiger partial charge < -0.3 is 9.73 Å².